The van der Waals surface area contributed by atoms with Gasteiger partial charge in [-0.05, 0) is 44.2 Å². The van der Waals surface area contributed by atoms with E-state index in [1.807, 2.05) is 0 Å². The van der Waals surface area contributed by atoms with Gasteiger partial charge in [-0.3, -0.25) is 0 Å². The Morgan fingerprint density at radius 1 is 0.947 bits per heavy atom. The minimum Gasteiger partial charge on any atom is -0.308 e. The molecule has 0 bridgehead atoms. The molecule has 1 heteroatoms. The number of aryl methyl sites for hydroxylation is 1. The summed E-state index contributed by atoms with van der Waals surface area (Å²) in [5.41, 5.74) is 2.88. The van der Waals surface area contributed by atoms with Crippen molar-refractivity contribution in [2.75, 3.05) is 0 Å². The molecule has 0 aliphatic heterocycles. The second-order valence-electron chi connectivity index (χ2n) is 5.78. The van der Waals surface area contributed by atoms with Crippen LogP contribution in [-0.4, -0.2) is 6.04 Å². The third-order valence-corrected chi connectivity index (χ3v) is 3.82. The fourth-order valence-corrected chi connectivity index (χ4v) is 2.47. The van der Waals surface area contributed by atoms with Crippen LogP contribution in [-0.2, 0) is 6.42 Å². The molecule has 0 fully saturated rings. The van der Waals surface area contributed by atoms with Crippen molar-refractivity contribution in [3.63, 3.8) is 0 Å². The first-order valence-electron chi connectivity index (χ1n) is 8.02. The van der Waals surface area contributed by atoms with Crippen LogP contribution in [0.5, 0.6) is 0 Å². The Balaban J connectivity index is 2.45. The van der Waals surface area contributed by atoms with E-state index in [1.165, 1.54) is 49.7 Å². The summed E-state index contributed by atoms with van der Waals surface area (Å²) in [6, 6.07) is 10.2. The first-order valence-corrected chi connectivity index (χ1v) is 8.02. The van der Waals surface area contributed by atoms with Gasteiger partial charge in [0.2, 0.25) is 0 Å². The fourth-order valence-electron chi connectivity index (χ4n) is 2.47. The van der Waals surface area contributed by atoms with Crippen molar-refractivity contribution < 1.29 is 0 Å². The zero-order chi connectivity index (χ0) is 14.1. The Bertz CT molecular complexity index is 328. The molecule has 0 saturated heterocycles. The van der Waals surface area contributed by atoms with Crippen LogP contribution in [0.1, 0.15) is 77.0 Å². The van der Waals surface area contributed by atoms with Gasteiger partial charge in [0.05, 0.1) is 0 Å². The van der Waals surface area contributed by atoms with E-state index in [9.17, 15) is 0 Å². The molecule has 0 heterocycles. The lowest BCUT2D eigenvalue weighted by molar-refractivity contribution is 0.444. The van der Waals surface area contributed by atoms with Crippen LogP contribution in [0.3, 0.4) is 0 Å². The van der Waals surface area contributed by atoms with E-state index in [0.29, 0.717) is 12.1 Å². The van der Waals surface area contributed by atoms with E-state index < -0.39 is 0 Å². The van der Waals surface area contributed by atoms with E-state index in [0.717, 1.165) is 0 Å². The van der Waals surface area contributed by atoms with Gasteiger partial charge in [0.25, 0.3) is 0 Å². The van der Waals surface area contributed by atoms with Gasteiger partial charge in [0, 0.05) is 12.1 Å². The fraction of sp³-hybridized carbons (Fsp3) is 0.667. The van der Waals surface area contributed by atoms with Crippen LogP contribution in [0.2, 0.25) is 0 Å². The minimum absolute atomic E-state index is 0.451. The van der Waals surface area contributed by atoms with Gasteiger partial charge in [-0.25, -0.2) is 0 Å². The SMILES string of the molecule is CCCCc1ccc(C(C)NC(C)CCCC)cc1. The Morgan fingerprint density at radius 3 is 2.16 bits per heavy atom. The Kier molecular flexibility index (Phi) is 7.81. The number of unbranched alkanes of at least 4 members (excludes halogenated alkanes) is 2. The quantitative estimate of drug-likeness (QED) is 0.639. The van der Waals surface area contributed by atoms with Crippen LogP contribution < -0.4 is 5.32 Å². The highest BCUT2D eigenvalue weighted by molar-refractivity contribution is 5.24. The predicted octanol–water partition coefficient (Wildman–Crippen LogP) is 5.26. The molecule has 0 amide bonds. The monoisotopic (exact) mass is 261 g/mol. The molecule has 1 aromatic carbocycles. The summed E-state index contributed by atoms with van der Waals surface area (Å²) in [6.45, 7) is 9.06. The molecule has 19 heavy (non-hydrogen) atoms. The molecule has 1 nitrogen and oxygen atoms in total. The summed E-state index contributed by atoms with van der Waals surface area (Å²) in [5, 5.41) is 3.69. The van der Waals surface area contributed by atoms with Crippen molar-refractivity contribution >= 4 is 0 Å². The lowest BCUT2D eigenvalue weighted by Crippen LogP contribution is -2.28. The normalized spacial score (nSPS) is 14.3. The Morgan fingerprint density at radius 2 is 1.58 bits per heavy atom. The highest BCUT2D eigenvalue weighted by atomic mass is 14.9. The number of hydrogen-bond donors (Lipinski definition) is 1. The van der Waals surface area contributed by atoms with Crippen molar-refractivity contribution in [2.24, 2.45) is 0 Å². The third kappa shape index (κ3) is 6.24. The average molecular weight is 261 g/mol. The lowest BCUT2D eigenvalue weighted by atomic mass is 10.0. The highest BCUT2D eigenvalue weighted by Crippen LogP contribution is 2.16. The van der Waals surface area contributed by atoms with Crippen LogP contribution in [0.15, 0.2) is 24.3 Å². The summed E-state index contributed by atoms with van der Waals surface area (Å²) < 4.78 is 0. The van der Waals surface area contributed by atoms with Crippen LogP contribution in [0.4, 0.5) is 0 Å². The summed E-state index contributed by atoms with van der Waals surface area (Å²) in [7, 11) is 0. The number of benzene rings is 1. The maximum atomic E-state index is 3.69. The lowest BCUT2D eigenvalue weighted by Gasteiger charge is -2.20. The molecule has 0 aromatic heterocycles. The molecule has 0 aliphatic rings. The molecular formula is C18H31N. The summed E-state index contributed by atoms with van der Waals surface area (Å²) in [6.07, 6.45) is 7.65. The van der Waals surface area contributed by atoms with Crippen LogP contribution >= 0.6 is 0 Å². The van der Waals surface area contributed by atoms with Crippen molar-refractivity contribution in [3.05, 3.63) is 35.4 Å². The van der Waals surface area contributed by atoms with Crippen molar-refractivity contribution in [3.8, 4) is 0 Å². The molecule has 1 rings (SSSR count). The average Bonchev–Trinajstić information content (AvgIpc) is 2.43. The van der Waals surface area contributed by atoms with Gasteiger partial charge in [0.1, 0.15) is 0 Å². The van der Waals surface area contributed by atoms with E-state index in [-0.39, 0.29) is 0 Å². The maximum absolute atomic E-state index is 3.69. The zero-order valence-corrected chi connectivity index (χ0v) is 13.2. The molecular weight excluding hydrogens is 230 g/mol. The molecule has 0 radical (unpaired) electrons. The number of hydrogen-bond acceptors (Lipinski definition) is 1. The number of rotatable bonds is 9. The van der Waals surface area contributed by atoms with Crippen molar-refractivity contribution in [1.29, 1.82) is 0 Å². The first-order chi connectivity index (χ1) is 9.17. The standard InChI is InChI=1S/C18H31N/c1-5-7-9-15(3)19-16(4)18-13-11-17(12-14-18)10-8-6-2/h11-16,19H,5-10H2,1-4H3. The van der Waals surface area contributed by atoms with Crippen molar-refractivity contribution in [2.45, 2.75) is 78.3 Å². The zero-order valence-electron chi connectivity index (χ0n) is 13.2. The largest absolute Gasteiger partial charge is 0.308 e. The van der Waals surface area contributed by atoms with Crippen LogP contribution in [0.25, 0.3) is 0 Å². The molecule has 2 unspecified atom stereocenters. The summed E-state index contributed by atoms with van der Waals surface area (Å²) >= 11 is 0. The summed E-state index contributed by atoms with van der Waals surface area (Å²) in [5.74, 6) is 0. The van der Waals surface area contributed by atoms with Crippen LogP contribution in [0, 0.1) is 0 Å². The summed E-state index contributed by atoms with van der Waals surface area (Å²) in [4.78, 5) is 0. The van der Waals surface area contributed by atoms with E-state index in [4.69, 9.17) is 0 Å². The van der Waals surface area contributed by atoms with Gasteiger partial charge >= 0.3 is 0 Å². The molecule has 0 saturated carbocycles. The van der Waals surface area contributed by atoms with E-state index in [1.54, 1.807) is 0 Å². The van der Waals surface area contributed by atoms with E-state index >= 15 is 0 Å². The van der Waals surface area contributed by atoms with Gasteiger partial charge in [-0.1, -0.05) is 57.4 Å². The van der Waals surface area contributed by atoms with Gasteiger partial charge in [-0.15, -0.1) is 0 Å². The molecule has 108 valence electrons. The topological polar surface area (TPSA) is 12.0 Å². The first kappa shape index (κ1) is 16.2. The number of nitrogens with one attached hydrogen (secondary N) is 1. The molecule has 2 atom stereocenters. The van der Waals surface area contributed by atoms with Crippen molar-refractivity contribution in [1.82, 2.24) is 5.32 Å². The second kappa shape index (κ2) is 9.14. The van der Waals surface area contributed by atoms with Gasteiger partial charge < -0.3 is 5.32 Å². The Hall–Kier alpha value is -0.820. The van der Waals surface area contributed by atoms with E-state index in [2.05, 4.69) is 57.3 Å². The molecule has 0 aliphatic carbocycles. The maximum Gasteiger partial charge on any atom is 0.0294 e. The van der Waals surface area contributed by atoms with Gasteiger partial charge in [-0.2, -0.15) is 0 Å². The smallest absolute Gasteiger partial charge is 0.0294 e. The molecule has 0 spiro atoms. The highest BCUT2D eigenvalue weighted by Gasteiger charge is 2.08. The Labute approximate surface area is 119 Å². The van der Waals surface area contributed by atoms with Gasteiger partial charge in [0.15, 0.2) is 0 Å². The predicted molar refractivity (Wildman–Crippen MR) is 85.6 cm³/mol. The molecule has 1 aromatic rings. The minimum atomic E-state index is 0.451. The molecule has 1 N–H and O–H groups in total. The second-order valence-corrected chi connectivity index (χ2v) is 5.78. The third-order valence-electron chi connectivity index (χ3n) is 3.82.